The van der Waals surface area contributed by atoms with E-state index in [-0.39, 0.29) is 0 Å². The van der Waals surface area contributed by atoms with Crippen LogP contribution in [-0.4, -0.2) is 24.2 Å². The number of fused-ring (bicyclic) bond motifs is 1. The second-order valence-corrected chi connectivity index (χ2v) is 6.89. The van der Waals surface area contributed by atoms with Crippen molar-refractivity contribution < 1.29 is 0 Å². The highest BCUT2D eigenvalue weighted by atomic mass is 32.1. The van der Waals surface area contributed by atoms with E-state index in [0.717, 1.165) is 31.6 Å². The molecule has 3 nitrogen and oxygen atoms in total. The van der Waals surface area contributed by atoms with E-state index >= 15 is 0 Å². The van der Waals surface area contributed by atoms with Gasteiger partial charge in [0.15, 0.2) is 5.11 Å². The summed E-state index contributed by atoms with van der Waals surface area (Å²) in [5.74, 6) is 0. The van der Waals surface area contributed by atoms with Crippen LogP contribution in [0, 0.1) is 6.92 Å². The van der Waals surface area contributed by atoms with Gasteiger partial charge >= 0.3 is 0 Å². The Hall–Kier alpha value is -2.07. The van der Waals surface area contributed by atoms with Crippen LogP contribution in [-0.2, 0) is 6.42 Å². The fourth-order valence-corrected chi connectivity index (χ4v) is 3.54. The van der Waals surface area contributed by atoms with Crippen molar-refractivity contribution in [3.8, 4) is 0 Å². The number of benzene rings is 2. The minimum atomic E-state index is 0.583. The first-order valence-corrected chi connectivity index (χ1v) is 9.00. The van der Waals surface area contributed by atoms with Gasteiger partial charge in [0.05, 0.1) is 0 Å². The van der Waals surface area contributed by atoms with Crippen LogP contribution in [0.1, 0.15) is 24.5 Å². The Morgan fingerprint density at radius 2 is 2.04 bits per heavy atom. The molecule has 0 aliphatic carbocycles. The highest BCUT2D eigenvalue weighted by molar-refractivity contribution is 7.80. The predicted octanol–water partition coefficient (Wildman–Crippen LogP) is 4.12. The average molecular weight is 340 g/mol. The van der Waals surface area contributed by atoms with E-state index < -0.39 is 0 Å². The molecule has 1 aliphatic rings. The van der Waals surface area contributed by atoms with Gasteiger partial charge in [0.2, 0.25) is 0 Å². The molecule has 0 saturated heterocycles. The maximum absolute atomic E-state index is 5.38. The summed E-state index contributed by atoms with van der Waals surface area (Å²) in [5, 5.41) is 7.24. The zero-order valence-corrected chi connectivity index (χ0v) is 15.2. The molecule has 126 valence electrons. The smallest absolute Gasteiger partial charge is 0.170 e. The van der Waals surface area contributed by atoms with Crippen molar-refractivity contribution in [3.05, 3.63) is 59.7 Å². The molecule has 2 aromatic carbocycles. The van der Waals surface area contributed by atoms with Crippen LogP contribution < -0.4 is 15.5 Å². The summed E-state index contributed by atoms with van der Waals surface area (Å²) < 4.78 is 0. The highest BCUT2D eigenvalue weighted by Crippen LogP contribution is 2.31. The van der Waals surface area contributed by atoms with Gasteiger partial charge in [0.25, 0.3) is 0 Å². The van der Waals surface area contributed by atoms with E-state index in [2.05, 4.69) is 65.8 Å². The molecule has 0 amide bonds. The molecule has 0 fully saturated rings. The van der Waals surface area contributed by atoms with E-state index in [1.165, 1.54) is 16.8 Å². The first-order chi connectivity index (χ1) is 11.6. The molecule has 24 heavy (non-hydrogen) atoms. The van der Waals surface area contributed by atoms with E-state index in [0.29, 0.717) is 11.2 Å². The molecule has 0 saturated carbocycles. The van der Waals surface area contributed by atoms with E-state index in [4.69, 9.17) is 12.2 Å². The maximum atomic E-state index is 5.38. The highest BCUT2D eigenvalue weighted by Gasteiger charge is 2.24. The molecular weight excluding hydrogens is 314 g/mol. The lowest BCUT2D eigenvalue weighted by Crippen LogP contribution is -2.34. The lowest BCUT2D eigenvalue weighted by atomic mass is 10.1. The van der Waals surface area contributed by atoms with Crippen LogP contribution in [0.5, 0.6) is 0 Å². The van der Waals surface area contributed by atoms with Gasteiger partial charge in [-0.25, -0.2) is 0 Å². The first kappa shape index (κ1) is 16.8. The lowest BCUT2D eigenvalue weighted by molar-refractivity contribution is 0.641. The summed E-state index contributed by atoms with van der Waals surface area (Å²) in [4.78, 5) is 2.51. The molecule has 1 heterocycles. The van der Waals surface area contributed by atoms with Gasteiger partial charge < -0.3 is 15.5 Å². The largest absolute Gasteiger partial charge is 0.368 e. The number of para-hydroxylation sites is 1. The van der Waals surface area contributed by atoms with Crippen LogP contribution >= 0.6 is 12.2 Å². The second kappa shape index (κ2) is 7.67. The van der Waals surface area contributed by atoms with E-state index in [1.54, 1.807) is 0 Å². The lowest BCUT2D eigenvalue weighted by Gasteiger charge is -2.25. The van der Waals surface area contributed by atoms with Gasteiger partial charge in [-0.3, -0.25) is 0 Å². The molecule has 0 spiro atoms. The number of nitrogens with zero attached hydrogens (tertiary/aromatic N) is 1. The standard InChI is InChI=1S/C20H25N3S/c1-15-7-5-9-18(13-15)22-20(24)21-11-6-12-23-16(2)14-17-8-3-4-10-19(17)23/h3-5,7-10,13,16H,6,11-12,14H2,1-2H3,(H2,21,22,24). The summed E-state index contributed by atoms with van der Waals surface area (Å²) in [6.07, 6.45) is 2.21. The van der Waals surface area contributed by atoms with E-state index in [9.17, 15) is 0 Å². The Kier molecular flexibility index (Phi) is 5.36. The number of hydrogen-bond acceptors (Lipinski definition) is 2. The van der Waals surface area contributed by atoms with Crippen LogP contribution in [0.25, 0.3) is 0 Å². The summed E-state index contributed by atoms with van der Waals surface area (Å²) in [6.45, 7) is 6.31. The van der Waals surface area contributed by atoms with Crippen molar-refractivity contribution in [1.82, 2.24) is 5.32 Å². The second-order valence-electron chi connectivity index (χ2n) is 6.48. The zero-order chi connectivity index (χ0) is 16.9. The van der Waals surface area contributed by atoms with Crippen LogP contribution in [0.3, 0.4) is 0 Å². The van der Waals surface area contributed by atoms with Gasteiger partial charge in [-0.2, -0.15) is 0 Å². The fraction of sp³-hybridized carbons (Fsp3) is 0.350. The van der Waals surface area contributed by atoms with Crippen molar-refractivity contribution in [1.29, 1.82) is 0 Å². The zero-order valence-electron chi connectivity index (χ0n) is 14.4. The van der Waals surface area contributed by atoms with Gasteiger partial charge in [0.1, 0.15) is 0 Å². The molecule has 2 aromatic rings. The minimum absolute atomic E-state index is 0.583. The van der Waals surface area contributed by atoms with Gasteiger partial charge in [0, 0.05) is 30.5 Å². The quantitative estimate of drug-likeness (QED) is 0.633. The summed E-state index contributed by atoms with van der Waals surface area (Å²) in [6, 6.07) is 17.6. The molecule has 0 bridgehead atoms. The number of aryl methyl sites for hydroxylation is 1. The Bertz CT molecular complexity index is 714. The number of rotatable bonds is 5. The summed E-state index contributed by atoms with van der Waals surface area (Å²) in [7, 11) is 0. The number of hydrogen-bond donors (Lipinski definition) is 2. The topological polar surface area (TPSA) is 27.3 Å². The monoisotopic (exact) mass is 339 g/mol. The van der Waals surface area contributed by atoms with Crippen molar-refractivity contribution in [2.24, 2.45) is 0 Å². The molecule has 1 atom stereocenters. The molecule has 2 N–H and O–H groups in total. The predicted molar refractivity (Wildman–Crippen MR) is 107 cm³/mol. The minimum Gasteiger partial charge on any atom is -0.368 e. The Balaban J connectivity index is 1.43. The molecule has 4 heteroatoms. The van der Waals surface area contributed by atoms with Crippen molar-refractivity contribution in [3.63, 3.8) is 0 Å². The van der Waals surface area contributed by atoms with E-state index in [1.807, 2.05) is 12.1 Å². The van der Waals surface area contributed by atoms with Gasteiger partial charge in [-0.1, -0.05) is 30.3 Å². The molecular formula is C20H25N3S. The average Bonchev–Trinajstić information content (AvgIpc) is 2.87. The van der Waals surface area contributed by atoms with Crippen LogP contribution in [0.15, 0.2) is 48.5 Å². The van der Waals surface area contributed by atoms with Gasteiger partial charge in [-0.05, 0) is 68.2 Å². The Morgan fingerprint density at radius 3 is 2.88 bits per heavy atom. The Morgan fingerprint density at radius 1 is 1.21 bits per heavy atom. The third-order valence-corrected chi connectivity index (χ3v) is 4.73. The molecule has 3 rings (SSSR count). The molecule has 0 aromatic heterocycles. The normalized spacial score (nSPS) is 15.9. The van der Waals surface area contributed by atoms with Gasteiger partial charge in [-0.15, -0.1) is 0 Å². The summed E-state index contributed by atoms with van der Waals surface area (Å²) in [5.41, 5.74) is 5.12. The Labute approximate surface area is 150 Å². The third-order valence-electron chi connectivity index (χ3n) is 4.49. The number of thiocarbonyl (C=S) groups is 1. The fourth-order valence-electron chi connectivity index (χ4n) is 3.32. The third kappa shape index (κ3) is 4.06. The van der Waals surface area contributed by atoms with Crippen LogP contribution in [0.2, 0.25) is 0 Å². The van der Waals surface area contributed by atoms with Crippen molar-refractivity contribution in [2.45, 2.75) is 32.7 Å². The van der Waals surface area contributed by atoms with Crippen molar-refractivity contribution >= 4 is 28.7 Å². The number of nitrogens with one attached hydrogen (secondary N) is 2. The van der Waals surface area contributed by atoms with Crippen LogP contribution in [0.4, 0.5) is 11.4 Å². The SMILES string of the molecule is Cc1cccc(NC(=S)NCCCN2c3ccccc3CC2C)c1. The van der Waals surface area contributed by atoms with Crippen molar-refractivity contribution in [2.75, 3.05) is 23.3 Å². The first-order valence-electron chi connectivity index (χ1n) is 8.59. The molecule has 1 aliphatic heterocycles. The molecule has 0 radical (unpaired) electrons. The number of anilines is 2. The summed E-state index contributed by atoms with van der Waals surface area (Å²) >= 11 is 5.38. The maximum Gasteiger partial charge on any atom is 0.170 e. The molecule has 1 unspecified atom stereocenters.